The van der Waals surface area contributed by atoms with Gasteiger partial charge in [-0.2, -0.15) is 5.26 Å². The minimum Gasteiger partial charge on any atom is -0.508 e. The number of imide groups is 1. The van der Waals surface area contributed by atoms with Crippen LogP contribution >= 0.6 is 0 Å². The van der Waals surface area contributed by atoms with E-state index in [0.29, 0.717) is 5.56 Å². The third-order valence-electron chi connectivity index (χ3n) is 4.55. The lowest BCUT2D eigenvalue weighted by atomic mass is 9.92. The smallest absolute Gasteiger partial charge is 0.271 e. The number of phenols is 1. The third-order valence-corrected chi connectivity index (χ3v) is 6.30. The Hall–Kier alpha value is -2.92. The number of carbonyl (C=O) groups is 2. The average molecular weight is 372 g/mol. The first-order valence-corrected chi connectivity index (χ1v) is 9.76. The maximum atomic E-state index is 12.9. The molecule has 1 atom stereocenters. The lowest BCUT2D eigenvalue weighted by Gasteiger charge is -2.31. The molecule has 0 aliphatic carbocycles. The van der Waals surface area contributed by atoms with Gasteiger partial charge in [-0.05, 0) is 42.7 Å². The summed E-state index contributed by atoms with van der Waals surface area (Å²) < 4.78 is 23.5. The molecule has 2 aliphatic heterocycles. The molecular formula is C18H16N2O5S. The van der Waals surface area contributed by atoms with Gasteiger partial charge in [0.2, 0.25) is 0 Å². The average Bonchev–Trinajstić information content (AvgIpc) is 2.93. The standard InChI is InChI=1S/C18H16N2O5S/c1-11-15(8-12-2-4-14(21)5-3-12)17(22)20(18(23)16(11)9-19)13-6-7-26(24,25)10-13/h2-5,8,13,21H,6-7,10H2,1H3. The monoisotopic (exact) mass is 372 g/mol. The molecule has 1 fully saturated rings. The van der Waals surface area contributed by atoms with Gasteiger partial charge < -0.3 is 5.11 Å². The number of phenolic OH excluding ortho intramolecular Hbond substituents is 1. The second kappa shape index (κ2) is 6.42. The molecule has 1 N–H and O–H groups in total. The summed E-state index contributed by atoms with van der Waals surface area (Å²) in [6.07, 6.45) is 1.70. The lowest BCUT2D eigenvalue weighted by Crippen LogP contribution is -2.49. The van der Waals surface area contributed by atoms with Crippen molar-refractivity contribution in [2.75, 3.05) is 11.5 Å². The summed E-state index contributed by atoms with van der Waals surface area (Å²) in [7, 11) is -3.30. The normalized spacial score (nSPS) is 24.2. The van der Waals surface area contributed by atoms with Crippen molar-refractivity contribution in [3.8, 4) is 11.8 Å². The van der Waals surface area contributed by atoms with Crippen LogP contribution in [-0.2, 0) is 19.4 Å². The number of nitriles is 1. The van der Waals surface area contributed by atoms with Crippen LogP contribution in [0.3, 0.4) is 0 Å². The first kappa shape index (κ1) is 17.9. The SMILES string of the molecule is CC1=C(C#N)C(=O)N(C2CCS(=O)(=O)C2)C(=O)C1=Cc1ccc(O)cc1. The van der Waals surface area contributed by atoms with Crippen molar-refractivity contribution in [2.24, 2.45) is 0 Å². The Morgan fingerprint density at radius 2 is 1.88 bits per heavy atom. The predicted octanol–water partition coefficient (Wildman–Crippen LogP) is 1.17. The summed E-state index contributed by atoms with van der Waals surface area (Å²) in [6.45, 7) is 1.52. The molecule has 1 aromatic carbocycles. The molecule has 8 heteroatoms. The predicted molar refractivity (Wildman–Crippen MR) is 93.3 cm³/mol. The molecule has 7 nitrogen and oxygen atoms in total. The van der Waals surface area contributed by atoms with Crippen LogP contribution in [-0.4, -0.2) is 47.8 Å². The van der Waals surface area contributed by atoms with Crippen molar-refractivity contribution in [2.45, 2.75) is 19.4 Å². The number of amides is 2. The maximum Gasteiger partial charge on any atom is 0.271 e. The van der Waals surface area contributed by atoms with Gasteiger partial charge in [0.05, 0.1) is 17.5 Å². The fourth-order valence-electron chi connectivity index (χ4n) is 3.15. The van der Waals surface area contributed by atoms with E-state index in [1.54, 1.807) is 12.1 Å². The highest BCUT2D eigenvalue weighted by atomic mass is 32.2. The topological polar surface area (TPSA) is 116 Å². The number of hydrogen-bond donors (Lipinski definition) is 1. The van der Waals surface area contributed by atoms with Gasteiger partial charge in [-0.15, -0.1) is 0 Å². The number of nitrogens with zero attached hydrogens (tertiary/aromatic N) is 2. The summed E-state index contributed by atoms with van der Waals surface area (Å²) in [5.41, 5.74) is 0.860. The molecule has 0 spiro atoms. The van der Waals surface area contributed by atoms with Crippen molar-refractivity contribution in [1.29, 1.82) is 5.26 Å². The molecule has 0 aromatic heterocycles. The van der Waals surface area contributed by atoms with E-state index in [-0.39, 0.29) is 40.4 Å². The molecule has 3 rings (SSSR count). The van der Waals surface area contributed by atoms with Crippen LogP contribution in [0.4, 0.5) is 0 Å². The number of benzene rings is 1. The van der Waals surface area contributed by atoms with Gasteiger partial charge >= 0.3 is 0 Å². The molecule has 1 saturated heterocycles. The van der Waals surface area contributed by atoms with E-state index in [1.165, 1.54) is 25.1 Å². The fraction of sp³-hybridized carbons (Fsp3) is 0.278. The first-order chi connectivity index (χ1) is 12.2. The summed E-state index contributed by atoms with van der Waals surface area (Å²) in [5.74, 6) is -1.66. The number of aromatic hydroxyl groups is 1. The van der Waals surface area contributed by atoms with E-state index in [4.69, 9.17) is 0 Å². The molecule has 2 heterocycles. The Morgan fingerprint density at radius 1 is 1.23 bits per heavy atom. The van der Waals surface area contributed by atoms with Crippen molar-refractivity contribution >= 4 is 27.7 Å². The van der Waals surface area contributed by atoms with E-state index < -0.39 is 27.7 Å². The fourth-order valence-corrected chi connectivity index (χ4v) is 4.85. The summed E-state index contributed by atoms with van der Waals surface area (Å²) in [6, 6.07) is 7.16. The van der Waals surface area contributed by atoms with Gasteiger partial charge in [-0.25, -0.2) is 8.42 Å². The summed E-state index contributed by atoms with van der Waals surface area (Å²) in [4.78, 5) is 26.4. The van der Waals surface area contributed by atoms with Gasteiger partial charge in [-0.3, -0.25) is 14.5 Å². The van der Waals surface area contributed by atoms with E-state index >= 15 is 0 Å². The minimum absolute atomic E-state index is 0.0695. The van der Waals surface area contributed by atoms with Crippen molar-refractivity contribution in [3.63, 3.8) is 0 Å². The van der Waals surface area contributed by atoms with Crippen molar-refractivity contribution < 1.29 is 23.1 Å². The van der Waals surface area contributed by atoms with Crippen LogP contribution in [0.25, 0.3) is 6.08 Å². The van der Waals surface area contributed by atoms with Crippen LogP contribution in [0.15, 0.2) is 41.0 Å². The van der Waals surface area contributed by atoms with Gasteiger partial charge in [-0.1, -0.05) is 12.1 Å². The number of sulfone groups is 1. The molecule has 1 aromatic rings. The molecular weight excluding hydrogens is 356 g/mol. The number of rotatable bonds is 2. The zero-order chi connectivity index (χ0) is 19.1. The Bertz CT molecular complexity index is 997. The zero-order valence-corrected chi connectivity index (χ0v) is 14.8. The van der Waals surface area contributed by atoms with Gasteiger partial charge in [0.25, 0.3) is 11.8 Å². The quantitative estimate of drug-likeness (QED) is 0.615. The molecule has 1 unspecified atom stereocenters. The molecule has 2 amide bonds. The third kappa shape index (κ3) is 3.13. The molecule has 0 saturated carbocycles. The van der Waals surface area contributed by atoms with Crippen LogP contribution < -0.4 is 0 Å². The molecule has 2 aliphatic rings. The number of carbonyl (C=O) groups excluding carboxylic acids is 2. The molecule has 134 valence electrons. The molecule has 0 bridgehead atoms. The highest BCUT2D eigenvalue weighted by molar-refractivity contribution is 7.91. The van der Waals surface area contributed by atoms with Crippen molar-refractivity contribution in [3.05, 3.63) is 46.5 Å². The van der Waals surface area contributed by atoms with Gasteiger partial charge in [0.1, 0.15) is 17.4 Å². The zero-order valence-electron chi connectivity index (χ0n) is 14.0. The van der Waals surface area contributed by atoms with E-state index in [1.807, 2.05) is 6.07 Å². The highest BCUT2D eigenvalue weighted by Gasteiger charge is 2.43. The summed E-state index contributed by atoms with van der Waals surface area (Å²) in [5, 5.41) is 18.7. The van der Waals surface area contributed by atoms with E-state index in [2.05, 4.69) is 0 Å². The van der Waals surface area contributed by atoms with Gasteiger partial charge in [0, 0.05) is 5.57 Å². The van der Waals surface area contributed by atoms with Crippen LogP contribution in [0.2, 0.25) is 0 Å². The maximum absolute atomic E-state index is 12.9. The Morgan fingerprint density at radius 3 is 2.42 bits per heavy atom. The minimum atomic E-state index is -3.30. The van der Waals surface area contributed by atoms with Gasteiger partial charge in [0.15, 0.2) is 9.84 Å². The Kier molecular flexibility index (Phi) is 4.42. The second-order valence-electron chi connectivity index (χ2n) is 6.30. The first-order valence-electron chi connectivity index (χ1n) is 7.94. The Labute approximate surface area is 150 Å². The molecule has 0 radical (unpaired) electrons. The van der Waals surface area contributed by atoms with E-state index in [9.17, 15) is 28.4 Å². The lowest BCUT2D eigenvalue weighted by molar-refractivity contribution is -0.142. The second-order valence-corrected chi connectivity index (χ2v) is 8.53. The number of hydrogen-bond acceptors (Lipinski definition) is 6. The van der Waals surface area contributed by atoms with Crippen LogP contribution in [0.1, 0.15) is 18.9 Å². The summed E-state index contributed by atoms with van der Waals surface area (Å²) >= 11 is 0. The van der Waals surface area contributed by atoms with Crippen LogP contribution in [0.5, 0.6) is 5.75 Å². The van der Waals surface area contributed by atoms with Crippen LogP contribution in [0, 0.1) is 11.3 Å². The molecule has 26 heavy (non-hydrogen) atoms. The van der Waals surface area contributed by atoms with E-state index in [0.717, 1.165) is 4.90 Å². The Balaban J connectivity index is 2.08. The highest BCUT2D eigenvalue weighted by Crippen LogP contribution is 2.31. The van der Waals surface area contributed by atoms with Crippen molar-refractivity contribution in [1.82, 2.24) is 4.90 Å². The largest absolute Gasteiger partial charge is 0.508 e.